The number of ether oxygens (including phenoxy) is 1. The smallest absolute Gasteiger partial charge is 0.123 e. The lowest BCUT2D eigenvalue weighted by atomic mass is 9.98. The van der Waals surface area contributed by atoms with E-state index >= 15 is 0 Å². The van der Waals surface area contributed by atoms with Gasteiger partial charge in [-0.05, 0) is 44.0 Å². The highest BCUT2D eigenvalue weighted by molar-refractivity contribution is 5.37. The predicted molar refractivity (Wildman–Crippen MR) is 75.4 cm³/mol. The van der Waals surface area contributed by atoms with Gasteiger partial charge < -0.3 is 9.84 Å². The lowest BCUT2D eigenvalue weighted by molar-refractivity contribution is 0.0757. The van der Waals surface area contributed by atoms with Gasteiger partial charge in [0.1, 0.15) is 17.7 Å². The minimum Gasteiger partial charge on any atom is -0.488 e. The van der Waals surface area contributed by atoms with Crippen LogP contribution in [0, 0.1) is 5.82 Å². The van der Waals surface area contributed by atoms with Gasteiger partial charge in [-0.15, -0.1) is 0 Å². The van der Waals surface area contributed by atoms with Crippen LogP contribution >= 0.6 is 0 Å². The van der Waals surface area contributed by atoms with Gasteiger partial charge in [0.05, 0.1) is 0 Å². The Kier molecular flexibility index (Phi) is 4.22. The van der Waals surface area contributed by atoms with Crippen LogP contribution in [-0.4, -0.2) is 41.8 Å². The van der Waals surface area contributed by atoms with Gasteiger partial charge in [-0.1, -0.05) is 6.42 Å². The maximum atomic E-state index is 13.2. The van der Waals surface area contributed by atoms with Crippen molar-refractivity contribution in [3.05, 3.63) is 29.6 Å². The number of nitrogens with zero attached hydrogens (tertiary/aromatic N) is 1. The van der Waals surface area contributed by atoms with Crippen LogP contribution in [0.4, 0.5) is 4.39 Å². The van der Waals surface area contributed by atoms with E-state index in [1.807, 2.05) is 0 Å². The largest absolute Gasteiger partial charge is 0.488 e. The second-order valence-electron chi connectivity index (χ2n) is 5.85. The van der Waals surface area contributed by atoms with Crippen molar-refractivity contribution >= 4 is 0 Å². The maximum absolute atomic E-state index is 13.2. The molecule has 2 atom stereocenters. The molecule has 110 valence electrons. The number of likely N-dealkylation sites (tertiary alicyclic amines) is 1. The molecule has 2 aliphatic rings. The lowest BCUT2D eigenvalue weighted by Gasteiger charge is -2.36. The van der Waals surface area contributed by atoms with E-state index in [2.05, 4.69) is 4.90 Å². The van der Waals surface area contributed by atoms with Crippen LogP contribution in [0.2, 0.25) is 0 Å². The molecular formula is C16H22FNO2. The quantitative estimate of drug-likeness (QED) is 0.918. The first-order valence-corrected chi connectivity index (χ1v) is 7.56. The molecule has 3 nitrogen and oxygen atoms in total. The molecule has 3 rings (SSSR count). The fourth-order valence-corrected chi connectivity index (χ4v) is 3.43. The molecule has 1 N–H and O–H groups in total. The monoisotopic (exact) mass is 279 g/mol. The molecule has 2 unspecified atom stereocenters. The fourth-order valence-electron chi connectivity index (χ4n) is 3.43. The summed E-state index contributed by atoms with van der Waals surface area (Å²) in [6, 6.07) is 5.23. The second kappa shape index (κ2) is 6.10. The van der Waals surface area contributed by atoms with Crippen LogP contribution < -0.4 is 4.74 Å². The molecule has 20 heavy (non-hydrogen) atoms. The van der Waals surface area contributed by atoms with Crippen molar-refractivity contribution in [2.45, 2.75) is 44.2 Å². The molecule has 0 bridgehead atoms. The minimum absolute atomic E-state index is 0.117. The zero-order valence-electron chi connectivity index (χ0n) is 11.7. The molecule has 0 aliphatic carbocycles. The molecule has 0 radical (unpaired) electrons. The molecule has 0 saturated carbocycles. The van der Waals surface area contributed by atoms with Crippen molar-refractivity contribution in [3.8, 4) is 5.75 Å². The number of hydrogen-bond acceptors (Lipinski definition) is 3. The van der Waals surface area contributed by atoms with Gasteiger partial charge in [-0.3, -0.25) is 4.90 Å². The van der Waals surface area contributed by atoms with E-state index < -0.39 is 0 Å². The Morgan fingerprint density at radius 2 is 2.25 bits per heavy atom. The summed E-state index contributed by atoms with van der Waals surface area (Å²) in [4.78, 5) is 2.44. The Balaban J connectivity index is 1.61. The van der Waals surface area contributed by atoms with Crippen molar-refractivity contribution in [1.82, 2.24) is 4.90 Å². The van der Waals surface area contributed by atoms with Gasteiger partial charge in [0.2, 0.25) is 0 Å². The standard InChI is InChI=1S/C16H22FNO2/c17-13-4-5-16-12(9-13)10-15(20-16)11-18-7-2-1-3-14(18)6-8-19/h4-5,9,14-15,19H,1-3,6-8,10-11H2. The summed E-state index contributed by atoms with van der Waals surface area (Å²) in [5.74, 6) is 0.635. The molecule has 0 amide bonds. The van der Waals surface area contributed by atoms with Gasteiger partial charge >= 0.3 is 0 Å². The van der Waals surface area contributed by atoms with E-state index in [0.29, 0.717) is 6.04 Å². The van der Waals surface area contributed by atoms with Gasteiger partial charge in [-0.25, -0.2) is 4.39 Å². The van der Waals surface area contributed by atoms with Crippen LogP contribution in [0.3, 0.4) is 0 Å². The Morgan fingerprint density at radius 3 is 3.10 bits per heavy atom. The summed E-state index contributed by atoms with van der Waals surface area (Å²) >= 11 is 0. The molecule has 2 heterocycles. The molecule has 1 aromatic rings. The van der Waals surface area contributed by atoms with Gasteiger partial charge in [-0.2, -0.15) is 0 Å². The fraction of sp³-hybridized carbons (Fsp3) is 0.625. The van der Waals surface area contributed by atoms with Crippen LogP contribution in [-0.2, 0) is 6.42 Å². The molecule has 4 heteroatoms. The highest BCUT2D eigenvalue weighted by Crippen LogP contribution is 2.30. The van der Waals surface area contributed by atoms with E-state index in [0.717, 1.165) is 43.7 Å². The van der Waals surface area contributed by atoms with Crippen LogP contribution in [0.5, 0.6) is 5.75 Å². The van der Waals surface area contributed by atoms with E-state index in [4.69, 9.17) is 4.74 Å². The van der Waals surface area contributed by atoms with E-state index in [9.17, 15) is 9.50 Å². The summed E-state index contributed by atoms with van der Waals surface area (Å²) in [6.45, 7) is 2.20. The summed E-state index contributed by atoms with van der Waals surface area (Å²) in [5, 5.41) is 9.17. The molecule has 1 saturated heterocycles. The van der Waals surface area contributed by atoms with Crippen molar-refractivity contribution < 1.29 is 14.2 Å². The third-order valence-electron chi connectivity index (χ3n) is 4.41. The normalized spacial score (nSPS) is 26.3. The van der Waals surface area contributed by atoms with E-state index in [-0.39, 0.29) is 18.5 Å². The third-order valence-corrected chi connectivity index (χ3v) is 4.41. The first-order chi connectivity index (χ1) is 9.76. The number of aliphatic hydroxyl groups is 1. The Hall–Kier alpha value is -1.13. The average molecular weight is 279 g/mol. The molecule has 1 fully saturated rings. The zero-order chi connectivity index (χ0) is 13.9. The average Bonchev–Trinajstić information content (AvgIpc) is 2.82. The highest BCUT2D eigenvalue weighted by atomic mass is 19.1. The number of halogens is 1. The third kappa shape index (κ3) is 2.96. The van der Waals surface area contributed by atoms with Gasteiger partial charge in [0.25, 0.3) is 0 Å². The Bertz CT molecular complexity index is 464. The van der Waals surface area contributed by atoms with Crippen molar-refractivity contribution in [3.63, 3.8) is 0 Å². The lowest BCUT2D eigenvalue weighted by Crippen LogP contribution is -2.45. The highest BCUT2D eigenvalue weighted by Gasteiger charge is 2.29. The Labute approximate surface area is 119 Å². The number of rotatable bonds is 4. The number of piperidine rings is 1. The minimum atomic E-state index is -0.191. The van der Waals surface area contributed by atoms with Crippen molar-refractivity contribution in [2.24, 2.45) is 0 Å². The zero-order valence-corrected chi connectivity index (χ0v) is 11.7. The first-order valence-electron chi connectivity index (χ1n) is 7.56. The molecular weight excluding hydrogens is 257 g/mol. The van der Waals surface area contributed by atoms with Gasteiger partial charge in [0.15, 0.2) is 0 Å². The topological polar surface area (TPSA) is 32.7 Å². The van der Waals surface area contributed by atoms with Crippen molar-refractivity contribution in [1.29, 1.82) is 0 Å². The second-order valence-corrected chi connectivity index (χ2v) is 5.85. The molecule has 0 aromatic heterocycles. The van der Waals surface area contributed by atoms with Gasteiger partial charge in [0, 0.05) is 31.2 Å². The molecule has 1 aromatic carbocycles. The van der Waals surface area contributed by atoms with Crippen LogP contribution in [0.15, 0.2) is 18.2 Å². The summed E-state index contributed by atoms with van der Waals surface area (Å²) in [7, 11) is 0. The first kappa shape index (κ1) is 13.8. The number of fused-ring (bicyclic) bond motifs is 1. The molecule has 2 aliphatic heterocycles. The van der Waals surface area contributed by atoms with Crippen LogP contribution in [0.25, 0.3) is 0 Å². The number of aliphatic hydroxyl groups excluding tert-OH is 1. The molecule has 0 spiro atoms. The summed E-state index contributed by atoms with van der Waals surface area (Å²) in [6.07, 6.45) is 5.37. The SMILES string of the molecule is OCCC1CCCCN1CC1Cc2cc(F)ccc2O1. The maximum Gasteiger partial charge on any atom is 0.123 e. The summed E-state index contributed by atoms with van der Waals surface area (Å²) < 4.78 is 19.1. The van der Waals surface area contributed by atoms with Crippen LogP contribution in [0.1, 0.15) is 31.2 Å². The summed E-state index contributed by atoms with van der Waals surface area (Å²) in [5.41, 5.74) is 0.978. The predicted octanol–water partition coefficient (Wildman–Crippen LogP) is 2.37. The number of benzene rings is 1. The Morgan fingerprint density at radius 1 is 1.35 bits per heavy atom. The van der Waals surface area contributed by atoms with E-state index in [1.54, 1.807) is 12.1 Å². The van der Waals surface area contributed by atoms with Crippen molar-refractivity contribution in [2.75, 3.05) is 19.7 Å². The van der Waals surface area contributed by atoms with E-state index in [1.165, 1.54) is 18.9 Å². The number of hydrogen-bond donors (Lipinski definition) is 1.